The van der Waals surface area contributed by atoms with E-state index >= 15 is 0 Å². The van der Waals surface area contributed by atoms with E-state index in [-0.39, 0.29) is 11.3 Å². The van der Waals surface area contributed by atoms with Gasteiger partial charge in [-0.1, -0.05) is 0 Å². The first-order valence-corrected chi connectivity index (χ1v) is 5.00. The van der Waals surface area contributed by atoms with E-state index in [4.69, 9.17) is 0 Å². The predicted molar refractivity (Wildman–Crippen MR) is 60.9 cm³/mol. The van der Waals surface area contributed by atoms with Gasteiger partial charge in [-0.05, 0) is 32.4 Å². The number of rotatable bonds is 1. The maximum atomic E-state index is 11.7. The fourth-order valence-electron chi connectivity index (χ4n) is 1.71. The molecule has 16 heavy (non-hydrogen) atoms. The zero-order valence-corrected chi connectivity index (χ0v) is 9.44. The van der Waals surface area contributed by atoms with Crippen molar-refractivity contribution in [1.29, 1.82) is 0 Å². The average Bonchev–Trinajstić information content (AvgIpc) is 2.18. The van der Waals surface area contributed by atoms with Gasteiger partial charge in [0.1, 0.15) is 0 Å². The monoisotopic (exact) mass is 216 g/mol. The summed E-state index contributed by atoms with van der Waals surface area (Å²) in [7, 11) is 0. The van der Waals surface area contributed by atoms with Crippen LogP contribution in [0.3, 0.4) is 0 Å². The summed E-state index contributed by atoms with van der Waals surface area (Å²) >= 11 is 0. The van der Waals surface area contributed by atoms with Crippen LogP contribution in [0.1, 0.15) is 28.5 Å². The Balaban J connectivity index is 3.01. The maximum absolute atomic E-state index is 11.7. The summed E-state index contributed by atoms with van der Waals surface area (Å²) in [5.41, 5.74) is 2.25. The molecule has 0 atom stereocenters. The molecular formula is C12H12N2O2. The molecule has 0 bridgehead atoms. The molecule has 2 aromatic rings. The summed E-state index contributed by atoms with van der Waals surface area (Å²) in [4.78, 5) is 27.5. The highest BCUT2D eigenvalue weighted by atomic mass is 16.1. The van der Waals surface area contributed by atoms with Crippen molar-refractivity contribution in [2.24, 2.45) is 0 Å². The van der Waals surface area contributed by atoms with Crippen LogP contribution in [-0.4, -0.2) is 15.2 Å². The molecule has 0 radical (unpaired) electrons. The van der Waals surface area contributed by atoms with Gasteiger partial charge in [0, 0.05) is 18.0 Å². The number of carbonyl (C=O) groups excluding carboxylic acids is 1. The molecule has 0 unspecified atom stereocenters. The third-order valence-corrected chi connectivity index (χ3v) is 2.41. The molecule has 2 rings (SSSR count). The molecule has 0 amide bonds. The average molecular weight is 216 g/mol. The standard InChI is InChI=1S/C12H12N2O2/c1-7-4-10(9(3)15)12-13-8(2)5-11(16)14(12)6-7/h4-6H,1-3H3. The van der Waals surface area contributed by atoms with E-state index < -0.39 is 0 Å². The summed E-state index contributed by atoms with van der Waals surface area (Å²) in [6, 6.07) is 3.21. The van der Waals surface area contributed by atoms with Crippen molar-refractivity contribution in [3.05, 3.63) is 45.5 Å². The Morgan fingerprint density at radius 1 is 1.31 bits per heavy atom. The van der Waals surface area contributed by atoms with Crippen LogP contribution in [0, 0.1) is 13.8 Å². The Bertz CT molecular complexity index is 641. The van der Waals surface area contributed by atoms with E-state index in [1.54, 1.807) is 19.2 Å². The number of hydrogen-bond acceptors (Lipinski definition) is 3. The number of Topliss-reactive ketones (excluding diaryl/α,β-unsaturated/α-hetero) is 1. The number of ketones is 1. The highest BCUT2D eigenvalue weighted by Gasteiger charge is 2.09. The first-order valence-electron chi connectivity index (χ1n) is 5.00. The smallest absolute Gasteiger partial charge is 0.258 e. The van der Waals surface area contributed by atoms with Crippen LogP contribution in [0.2, 0.25) is 0 Å². The number of carbonyl (C=O) groups is 1. The lowest BCUT2D eigenvalue weighted by Gasteiger charge is -2.06. The third kappa shape index (κ3) is 1.62. The molecule has 0 saturated heterocycles. The van der Waals surface area contributed by atoms with Gasteiger partial charge in [0.15, 0.2) is 11.4 Å². The number of fused-ring (bicyclic) bond motifs is 1. The Labute approximate surface area is 92.6 Å². The number of pyridine rings is 1. The molecule has 0 aliphatic heterocycles. The van der Waals surface area contributed by atoms with Crippen LogP contribution in [-0.2, 0) is 0 Å². The zero-order valence-electron chi connectivity index (χ0n) is 9.44. The van der Waals surface area contributed by atoms with Gasteiger partial charge in [-0.15, -0.1) is 0 Å². The van der Waals surface area contributed by atoms with Crippen molar-refractivity contribution < 1.29 is 4.79 Å². The Morgan fingerprint density at radius 2 is 2.00 bits per heavy atom. The topological polar surface area (TPSA) is 51.4 Å². The number of aryl methyl sites for hydroxylation is 2. The van der Waals surface area contributed by atoms with E-state index in [0.717, 1.165) is 5.56 Å². The quantitative estimate of drug-likeness (QED) is 0.679. The number of aromatic nitrogens is 2. The van der Waals surface area contributed by atoms with Crippen LogP contribution in [0.5, 0.6) is 0 Å². The number of hydrogen-bond donors (Lipinski definition) is 0. The highest BCUT2D eigenvalue weighted by Crippen LogP contribution is 2.11. The van der Waals surface area contributed by atoms with E-state index in [2.05, 4.69) is 4.98 Å². The molecule has 2 aromatic heterocycles. The summed E-state index contributed by atoms with van der Waals surface area (Å²) in [6.45, 7) is 5.06. The minimum atomic E-state index is -0.159. The minimum Gasteiger partial charge on any atom is -0.294 e. The van der Waals surface area contributed by atoms with Gasteiger partial charge in [-0.2, -0.15) is 0 Å². The third-order valence-electron chi connectivity index (χ3n) is 2.41. The van der Waals surface area contributed by atoms with Crippen molar-refractivity contribution in [2.45, 2.75) is 20.8 Å². The first-order chi connectivity index (χ1) is 7.49. The Morgan fingerprint density at radius 3 is 2.62 bits per heavy atom. The first kappa shape index (κ1) is 10.5. The van der Waals surface area contributed by atoms with Gasteiger partial charge in [0.2, 0.25) is 0 Å². The normalized spacial score (nSPS) is 10.7. The van der Waals surface area contributed by atoms with Crippen LogP contribution >= 0.6 is 0 Å². The fourth-order valence-corrected chi connectivity index (χ4v) is 1.71. The van der Waals surface area contributed by atoms with Crippen molar-refractivity contribution in [3.8, 4) is 0 Å². The predicted octanol–water partition coefficient (Wildman–Crippen LogP) is 1.51. The molecule has 0 saturated carbocycles. The van der Waals surface area contributed by atoms with Gasteiger partial charge in [-0.25, -0.2) is 4.98 Å². The molecule has 0 aromatic carbocycles. The summed E-state index contributed by atoms with van der Waals surface area (Å²) in [5, 5.41) is 0. The maximum Gasteiger partial charge on any atom is 0.258 e. The lowest BCUT2D eigenvalue weighted by atomic mass is 10.1. The molecule has 0 N–H and O–H groups in total. The molecule has 0 aliphatic carbocycles. The van der Waals surface area contributed by atoms with E-state index in [1.165, 1.54) is 17.4 Å². The highest BCUT2D eigenvalue weighted by molar-refractivity contribution is 5.99. The Hall–Kier alpha value is -1.97. The molecule has 0 spiro atoms. The van der Waals surface area contributed by atoms with Crippen molar-refractivity contribution in [1.82, 2.24) is 9.38 Å². The molecule has 2 heterocycles. The Kier molecular flexibility index (Phi) is 2.34. The van der Waals surface area contributed by atoms with E-state index in [1.807, 2.05) is 6.92 Å². The van der Waals surface area contributed by atoms with E-state index in [9.17, 15) is 9.59 Å². The van der Waals surface area contributed by atoms with Crippen LogP contribution in [0.4, 0.5) is 0 Å². The fraction of sp³-hybridized carbons (Fsp3) is 0.250. The van der Waals surface area contributed by atoms with Gasteiger partial charge in [-0.3, -0.25) is 14.0 Å². The van der Waals surface area contributed by atoms with Crippen LogP contribution < -0.4 is 5.56 Å². The van der Waals surface area contributed by atoms with Gasteiger partial charge >= 0.3 is 0 Å². The summed E-state index contributed by atoms with van der Waals surface area (Å²) < 4.78 is 1.42. The molecule has 0 aliphatic rings. The molecule has 4 heteroatoms. The minimum absolute atomic E-state index is 0.0845. The molecule has 82 valence electrons. The lowest BCUT2D eigenvalue weighted by molar-refractivity contribution is 0.101. The SMILES string of the molecule is CC(=O)c1cc(C)cn2c(=O)cc(C)nc12. The van der Waals surface area contributed by atoms with Gasteiger partial charge in [0.25, 0.3) is 5.56 Å². The zero-order chi connectivity index (χ0) is 11.9. The second-order valence-electron chi connectivity index (χ2n) is 3.92. The summed E-state index contributed by atoms with van der Waals surface area (Å²) in [5.74, 6) is -0.0845. The van der Waals surface area contributed by atoms with Crippen molar-refractivity contribution in [2.75, 3.05) is 0 Å². The van der Waals surface area contributed by atoms with E-state index in [0.29, 0.717) is 16.9 Å². The lowest BCUT2D eigenvalue weighted by Crippen LogP contribution is -2.17. The van der Waals surface area contributed by atoms with Gasteiger partial charge < -0.3 is 0 Å². The largest absolute Gasteiger partial charge is 0.294 e. The summed E-state index contributed by atoms with van der Waals surface area (Å²) in [6.07, 6.45) is 1.69. The molecular weight excluding hydrogens is 204 g/mol. The van der Waals surface area contributed by atoms with Crippen LogP contribution in [0.25, 0.3) is 5.65 Å². The van der Waals surface area contributed by atoms with Crippen LogP contribution in [0.15, 0.2) is 23.1 Å². The van der Waals surface area contributed by atoms with Gasteiger partial charge in [0.05, 0.1) is 5.56 Å². The van der Waals surface area contributed by atoms with Crippen molar-refractivity contribution in [3.63, 3.8) is 0 Å². The van der Waals surface area contributed by atoms with Crippen molar-refractivity contribution >= 4 is 11.4 Å². The second kappa shape index (κ2) is 3.56. The second-order valence-corrected chi connectivity index (χ2v) is 3.92. The molecule has 4 nitrogen and oxygen atoms in total. The molecule has 0 fully saturated rings. The number of nitrogens with zero attached hydrogens (tertiary/aromatic N) is 2.